The van der Waals surface area contributed by atoms with E-state index in [2.05, 4.69) is 76.2 Å². The molecule has 0 saturated carbocycles. The summed E-state index contributed by atoms with van der Waals surface area (Å²) in [4.78, 5) is 18.9. The Morgan fingerprint density at radius 1 is 0.852 bits per heavy atom. The van der Waals surface area contributed by atoms with E-state index in [9.17, 15) is 0 Å². The zero-order valence-electron chi connectivity index (χ0n) is 17.4. The third-order valence-electron chi connectivity index (χ3n) is 4.41. The number of rotatable bonds is 3. The number of aromatic nitrogens is 5. The van der Waals surface area contributed by atoms with Crippen LogP contribution in [0.4, 0.5) is 0 Å². The van der Waals surface area contributed by atoms with Gasteiger partial charge in [-0.3, -0.25) is 0 Å². The maximum absolute atomic E-state index is 4.80. The Morgan fingerprint density at radius 3 is 2.00 bits per heavy atom. The average molecular weight is 364 g/mol. The molecule has 2 aromatic heterocycles. The molecule has 0 aliphatic carbocycles. The number of aryl methyl sites for hydroxylation is 1. The molecule has 5 nitrogen and oxygen atoms in total. The highest BCUT2D eigenvalue weighted by atomic mass is 15.1. The highest BCUT2D eigenvalue weighted by Crippen LogP contribution is 2.28. The van der Waals surface area contributed by atoms with E-state index in [0.29, 0.717) is 0 Å². The first-order valence-corrected chi connectivity index (χ1v) is 9.48. The molecule has 3 rings (SSSR count). The molecule has 5 heteroatoms. The molecular formula is C22H29N5. The summed E-state index contributed by atoms with van der Waals surface area (Å²) in [7, 11) is 0. The van der Waals surface area contributed by atoms with Gasteiger partial charge in [0.2, 0.25) is 0 Å². The molecule has 0 unspecified atom stereocenters. The molecule has 142 valence electrons. The van der Waals surface area contributed by atoms with Crippen molar-refractivity contribution >= 4 is 0 Å². The monoisotopic (exact) mass is 363 g/mol. The summed E-state index contributed by atoms with van der Waals surface area (Å²) in [6.07, 6.45) is 3.84. The van der Waals surface area contributed by atoms with Gasteiger partial charge in [-0.15, -0.1) is 0 Å². The van der Waals surface area contributed by atoms with Crippen LogP contribution < -0.4 is 0 Å². The predicted molar refractivity (Wildman–Crippen MR) is 110 cm³/mol. The molecule has 0 spiro atoms. The number of benzene rings is 1. The Balaban J connectivity index is 2.15. The van der Waals surface area contributed by atoms with Gasteiger partial charge in [-0.2, -0.15) is 0 Å². The van der Waals surface area contributed by atoms with E-state index in [1.54, 1.807) is 0 Å². The average Bonchev–Trinajstić information content (AvgIpc) is 3.09. The van der Waals surface area contributed by atoms with Gasteiger partial charge >= 0.3 is 0 Å². The number of hydrogen-bond donors (Lipinski definition) is 0. The second kappa shape index (κ2) is 6.87. The standard InChI is InChI=1S/C22H29N5/c1-8-27-13-12-23-18(27)16-11-9-10-15(14-16)17-24-19(21(2,3)4)26-20(25-17)22(5,6)7/h9-14H,8H2,1-7H3. The lowest BCUT2D eigenvalue weighted by Crippen LogP contribution is -2.24. The van der Waals surface area contributed by atoms with Gasteiger partial charge in [0.15, 0.2) is 5.82 Å². The van der Waals surface area contributed by atoms with Gasteiger partial charge < -0.3 is 4.57 Å². The largest absolute Gasteiger partial charge is 0.331 e. The van der Waals surface area contributed by atoms with E-state index >= 15 is 0 Å². The van der Waals surface area contributed by atoms with Crippen LogP contribution in [-0.2, 0) is 17.4 Å². The van der Waals surface area contributed by atoms with E-state index < -0.39 is 0 Å². The maximum atomic E-state index is 4.80. The Bertz CT molecular complexity index is 910. The summed E-state index contributed by atoms with van der Waals surface area (Å²) in [6, 6.07) is 8.28. The van der Waals surface area contributed by atoms with Crippen molar-refractivity contribution in [3.63, 3.8) is 0 Å². The lowest BCUT2D eigenvalue weighted by atomic mass is 9.93. The Morgan fingerprint density at radius 2 is 1.44 bits per heavy atom. The van der Waals surface area contributed by atoms with E-state index in [0.717, 1.165) is 41.0 Å². The Labute approximate surface area is 161 Å². The number of imidazole rings is 1. The lowest BCUT2D eigenvalue weighted by molar-refractivity contribution is 0.497. The van der Waals surface area contributed by atoms with Crippen molar-refractivity contribution in [1.82, 2.24) is 24.5 Å². The van der Waals surface area contributed by atoms with Gasteiger partial charge in [0.1, 0.15) is 17.5 Å². The quantitative estimate of drug-likeness (QED) is 0.656. The minimum Gasteiger partial charge on any atom is -0.331 e. The molecule has 2 heterocycles. The van der Waals surface area contributed by atoms with Gasteiger partial charge in [0.25, 0.3) is 0 Å². The highest BCUT2D eigenvalue weighted by Gasteiger charge is 2.25. The molecular weight excluding hydrogens is 334 g/mol. The molecule has 0 bridgehead atoms. The van der Waals surface area contributed by atoms with Gasteiger partial charge in [0, 0.05) is 40.9 Å². The fourth-order valence-electron chi connectivity index (χ4n) is 2.80. The summed E-state index contributed by atoms with van der Waals surface area (Å²) in [6.45, 7) is 15.8. The van der Waals surface area contributed by atoms with Crippen molar-refractivity contribution in [2.24, 2.45) is 0 Å². The second-order valence-corrected chi connectivity index (χ2v) is 8.92. The van der Waals surface area contributed by atoms with Crippen LogP contribution in [0.1, 0.15) is 60.1 Å². The summed E-state index contributed by atoms with van der Waals surface area (Å²) < 4.78 is 2.13. The number of nitrogens with zero attached hydrogens (tertiary/aromatic N) is 5. The van der Waals surface area contributed by atoms with E-state index in [-0.39, 0.29) is 10.8 Å². The van der Waals surface area contributed by atoms with Gasteiger partial charge in [0.05, 0.1) is 0 Å². The Hall–Kier alpha value is -2.56. The summed E-state index contributed by atoms with van der Waals surface area (Å²) in [5.74, 6) is 3.31. The molecule has 0 N–H and O–H groups in total. The predicted octanol–water partition coefficient (Wildman–Crippen LogP) is 5.02. The molecule has 0 radical (unpaired) electrons. The molecule has 27 heavy (non-hydrogen) atoms. The fourth-order valence-corrected chi connectivity index (χ4v) is 2.80. The van der Waals surface area contributed by atoms with Crippen LogP contribution in [0.25, 0.3) is 22.8 Å². The van der Waals surface area contributed by atoms with E-state index in [1.165, 1.54) is 0 Å². The van der Waals surface area contributed by atoms with Crippen LogP contribution in [0.15, 0.2) is 36.7 Å². The SMILES string of the molecule is CCn1ccnc1-c1cccc(-c2nc(C(C)(C)C)nc(C(C)(C)C)n2)c1. The minimum atomic E-state index is -0.145. The van der Waals surface area contributed by atoms with E-state index in [4.69, 9.17) is 15.0 Å². The van der Waals surface area contributed by atoms with Crippen molar-refractivity contribution in [1.29, 1.82) is 0 Å². The van der Waals surface area contributed by atoms with Crippen molar-refractivity contribution in [2.75, 3.05) is 0 Å². The van der Waals surface area contributed by atoms with Crippen molar-refractivity contribution < 1.29 is 0 Å². The van der Waals surface area contributed by atoms with Gasteiger partial charge in [-0.1, -0.05) is 59.7 Å². The molecule has 0 aliphatic rings. The third kappa shape index (κ3) is 4.07. The normalized spacial score (nSPS) is 12.4. The molecule has 0 fully saturated rings. The topological polar surface area (TPSA) is 56.5 Å². The highest BCUT2D eigenvalue weighted by molar-refractivity contribution is 5.66. The van der Waals surface area contributed by atoms with Crippen LogP contribution in [-0.4, -0.2) is 24.5 Å². The third-order valence-corrected chi connectivity index (χ3v) is 4.41. The smallest absolute Gasteiger partial charge is 0.163 e. The fraction of sp³-hybridized carbons (Fsp3) is 0.455. The molecule has 1 aromatic carbocycles. The Kier molecular flexibility index (Phi) is 4.89. The zero-order valence-corrected chi connectivity index (χ0v) is 17.4. The summed E-state index contributed by atoms with van der Waals surface area (Å²) in [5, 5.41) is 0. The van der Waals surface area contributed by atoms with Crippen LogP contribution in [0.5, 0.6) is 0 Å². The molecule has 0 saturated heterocycles. The minimum absolute atomic E-state index is 0.145. The second-order valence-electron chi connectivity index (χ2n) is 8.92. The summed E-state index contributed by atoms with van der Waals surface area (Å²) >= 11 is 0. The first-order chi connectivity index (χ1) is 12.6. The first kappa shape index (κ1) is 19.2. The summed E-state index contributed by atoms with van der Waals surface area (Å²) in [5.41, 5.74) is 1.76. The van der Waals surface area contributed by atoms with E-state index in [1.807, 2.05) is 18.5 Å². The van der Waals surface area contributed by atoms with Gasteiger partial charge in [-0.25, -0.2) is 19.9 Å². The lowest BCUT2D eigenvalue weighted by Gasteiger charge is -2.22. The molecule has 0 amide bonds. The maximum Gasteiger partial charge on any atom is 0.163 e. The van der Waals surface area contributed by atoms with Crippen molar-refractivity contribution in [3.8, 4) is 22.8 Å². The first-order valence-electron chi connectivity index (χ1n) is 9.48. The van der Waals surface area contributed by atoms with Crippen LogP contribution in [0.3, 0.4) is 0 Å². The van der Waals surface area contributed by atoms with Crippen LogP contribution >= 0.6 is 0 Å². The zero-order chi connectivity index (χ0) is 19.8. The molecule has 0 aliphatic heterocycles. The number of hydrogen-bond acceptors (Lipinski definition) is 4. The van der Waals surface area contributed by atoms with Crippen LogP contribution in [0, 0.1) is 0 Å². The van der Waals surface area contributed by atoms with Crippen molar-refractivity contribution in [2.45, 2.75) is 65.8 Å². The molecule has 0 atom stereocenters. The van der Waals surface area contributed by atoms with Crippen LogP contribution in [0.2, 0.25) is 0 Å². The van der Waals surface area contributed by atoms with Crippen molar-refractivity contribution in [3.05, 3.63) is 48.3 Å². The van der Waals surface area contributed by atoms with Gasteiger partial charge in [-0.05, 0) is 13.0 Å². The molecule has 3 aromatic rings.